The van der Waals surface area contributed by atoms with Crippen molar-refractivity contribution >= 4 is 27.8 Å². The third-order valence-electron chi connectivity index (χ3n) is 2.55. The van der Waals surface area contributed by atoms with E-state index in [2.05, 4.69) is 10.2 Å². The minimum atomic E-state index is -4.24. The van der Waals surface area contributed by atoms with E-state index in [1.54, 1.807) is 0 Å². The Hall–Kier alpha value is -1.58. The van der Waals surface area contributed by atoms with Crippen LogP contribution in [0.5, 0.6) is 5.75 Å². The van der Waals surface area contributed by atoms with Gasteiger partial charge in [0.15, 0.2) is 6.29 Å². The zero-order chi connectivity index (χ0) is 15.5. The predicted octanol–water partition coefficient (Wildman–Crippen LogP) is -0.129. The predicted molar refractivity (Wildman–Crippen MR) is 73.9 cm³/mol. The average molecular weight is 329 g/mol. The smallest absolute Gasteiger partial charge is 0.507 e. The third-order valence-corrected chi connectivity index (χ3v) is 3.42. The second-order valence-corrected chi connectivity index (χ2v) is 5.45. The van der Waals surface area contributed by atoms with Crippen molar-refractivity contribution in [1.29, 1.82) is 0 Å². The summed E-state index contributed by atoms with van der Waals surface area (Å²) in [5, 5.41) is 17.1. The number of hydrogen-bond donors (Lipinski definition) is 2. The fourth-order valence-corrected chi connectivity index (χ4v) is 1.98. The van der Waals surface area contributed by atoms with Crippen molar-refractivity contribution in [2.75, 3.05) is 0 Å². The van der Waals surface area contributed by atoms with Gasteiger partial charge >= 0.3 is 29.6 Å². The van der Waals surface area contributed by atoms with E-state index in [9.17, 15) is 18.3 Å². The molecule has 7 nitrogen and oxygen atoms in total. The maximum Gasteiger partial charge on any atom is 1.00 e. The molecule has 0 fully saturated rings. The van der Waals surface area contributed by atoms with Crippen LogP contribution in [-0.2, 0) is 10.1 Å². The Morgan fingerprint density at radius 1 is 0.955 bits per heavy atom. The molecule has 9 heteroatoms. The number of rotatable bonds is 4. The van der Waals surface area contributed by atoms with Crippen LogP contribution in [0.25, 0.3) is 0 Å². The van der Waals surface area contributed by atoms with Gasteiger partial charge in [-0.15, -0.1) is 0 Å². The van der Waals surface area contributed by atoms with E-state index in [1.165, 1.54) is 42.5 Å². The Balaban J connectivity index is 0.00000242. The van der Waals surface area contributed by atoms with Crippen LogP contribution in [0.15, 0.2) is 57.6 Å². The van der Waals surface area contributed by atoms with E-state index in [0.717, 1.165) is 0 Å². The number of benzene rings is 2. The van der Waals surface area contributed by atoms with Crippen LogP contribution in [0.1, 0.15) is 10.4 Å². The molecule has 108 valence electrons. The zero-order valence-electron chi connectivity index (χ0n) is 11.5. The van der Waals surface area contributed by atoms with Gasteiger partial charge in [-0.1, -0.05) is 0 Å². The Morgan fingerprint density at radius 2 is 1.50 bits per heavy atom. The SMILES string of the molecule is O=Cc1cc(N=Nc2ccc(S(=O)(=O)O)cc2)ccc1O.[Na+]. The van der Waals surface area contributed by atoms with Crippen LogP contribution in [0.3, 0.4) is 0 Å². The summed E-state index contributed by atoms with van der Waals surface area (Å²) in [5.41, 5.74) is 0.810. The molecule has 2 aromatic carbocycles. The molecule has 22 heavy (non-hydrogen) atoms. The van der Waals surface area contributed by atoms with Gasteiger partial charge in [-0.2, -0.15) is 18.6 Å². The molecule has 0 aliphatic carbocycles. The molecular weight excluding hydrogens is 319 g/mol. The van der Waals surface area contributed by atoms with Crippen LogP contribution < -0.4 is 29.6 Å². The van der Waals surface area contributed by atoms with E-state index in [1.807, 2.05) is 0 Å². The number of carbonyl (C=O) groups excluding carboxylic acids is 1. The number of aldehydes is 1. The second kappa shape index (κ2) is 7.61. The Morgan fingerprint density at radius 3 is 2.05 bits per heavy atom. The van der Waals surface area contributed by atoms with Gasteiger partial charge in [-0.05, 0) is 42.5 Å². The van der Waals surface area contributed by atoms with E-state index in [-0.39, 0.29) is 45.8 Å². The molecule has 0 radical (unpaired) electrons. The standard InChI is InChI=1S/C13H10N2O5S.Na/c16-8-9-7-11(3-6-13(9)17)15-14-10-1-4-12(5-2-10)21(18,19)20;/h1-8,17H,(H,18,19,20);/q;+1. The van der Waals surface area contributed by atoms with Crippen LogP contribution in [-0.4, -0.2) is 24.4 Å². The first-order chi connectivity index (χ1) is 9.90. The van der Waals surface area contributed by atoms with Gasteiger partial charge in [0, 0.05) is 0 Å². The number of hydrogen-bond acceptors (Lipinski definition) is 6. The quantitative estimate of drug-likeness (QED) is 0.351. The summed E-state index contributed by atoms with van der Waals surface area (Å²) in [6.45, 7) is 0. The molecule has 0 spiro atoms. The number of azo groups is 1. The molecule has 0 atom stereocenters. The van der Waals surface area contributed by atoms with Crippen LogP contribution >= 0.6 is 0 Å². The number of nitrogens with zero attached hydrogens (tertiary/aromatic N) is 2. The van der Waals surface area contributed by atoms with Crippen LogP contribution in [0.2, 0.25) is 0 Å². The molecule has 2 aromatic rings. The number of phenolic OH excluding ortho intramolecular Hbond substituents is 1. The molecule has 2 rings (SSSR count). The van der Waals surface area contributed by atoms with Gasteiger partial charge < -0.3 is 5.11 Å². The van der Waals surface area contributed by atoms with Crippen molar-refractivity contribution in [3.05, 3.63) is 48.0 Å². The van der Waals surface area contributed by atoms with Gasteiger partial charge in [0.25, 0.3) is 10.1 Å². The summed E-state index contributed by atoms with van der Waals surface area (Å²) < 4.78 is 30.6. The van der Waals surface area contributed by atoms with Crippen molar-refractivity contribution in [1.82, 2.24) is 0 Å². The van der Waals surface area contributed by atoms with Gasteiger partial charge in [-0.25, -0.2) is 0 Å². The number of phenols is 1. The van der Waals surface area contributed by atoms with Crippen molar-refractivity contribution < 1.29 is 52.4 Å². The first-order valence-corrected chi connectivity index (χ1v) is 7.11. The number of aromatic hydroxyl groups is 1. The van der Waals surface area contributed by atoms with Gasteiger partial charge in [0.2, 0.25) is 0 Å². The van der Waals surface area contributed by atoms with Crippen molar-refractivity contribution in [2.45, 2.75) is 4.90 Å². The first-order valence-electron chi connectivity index (χ1n) is 5.67. The molecule has 0 amide bonds. The molecule has 2 N–H and O–H groups in total. The number of carbonyl (C=O) groups is 1. The van der Waals surface area contributed by atoms with Crippen LogP contribution in [0, 0.1) is 0 Å². The monoisotopic (exact) mass is 329 g/mol. The fourth-order valence-electron chi connectivity index (χ4n) is 1.50. The molecule has 0 bridgehead atoms. The molecular formula is C13H10N2NaO5S+. The van der Waals surface area contributed by atoms with E-state index in [4.69, 9.17) is 4.55 Å². The summed E-state index contributed by atoms with van der Waals surface area (Å²) in [5.74, 6) is -0.151. The van der Waals surface area contributed by atoms with Crippen molar-refractivity contribution in [2.24, 2.45) is 10.2 Å². The first kappa shape index (κ1) is 18.5. The summed E-state index contributed by atoms with van der Waals surface area (Å²) in [6, 6.07) is 9.27. The maximum absolute atomic E-state index is 10.9. The fraction of sp³-hybridized carbons (Fsp3) is 0. The summed E-state index contributed by atoms with van der Waals surface area (Å²) in [4.78, 5) is 10.4. The molecule has 0 aliphatic rings. The zero-order valence-corrected chi connectivity index (χ0v) is 14.4. The van der Waals surface area contributed by atoms with Crippen molar-refractivity contribution in [3.8, 4) is 5.75 Å². The minimum Gasteiger partial charge on any atom is -0.507 e. The average Bonchev–Trinajstić information content (AvgIpc) is 2.46. The topological polar surface area (TPSA) is 116 Å². The third kappa shape index (κ3) is 4.72. The van der Waals surface area contributed by atoms with Crippen molar-refractivity contribution in [3.63, 3.8) is 0 Å². The Labute approximate surface area is 148 Å². The van der Waals surface area contributed by atoms with E-state index in [0.29, 0.717) is 17.7 Å². The molecule has 0 unspecified atom stereocenters. The normalized spacial score (nSPS) is 11.1. The van der Waals surface area contributed by atoms with Gasteiger partial charge in [0.05, 0.1) is 21.8 Å². The minimum absolute atomic E-state index is 0. The summed E-state index contributed by atoms with van der Waals surface area (Å²) in [6.07, 6.45) is 0.495. The van der Waals surface area contributed by atoms with E-state index < -0.39 is 10.1 Å². The Bertz CT molecular complexity index is 804. The Kier molecular flexibility index (Phi) is 6.39. The maximum atomic E-state index is 10.9. The summed E-state index contributed by atoms with van der Waals surface area (Å²) >= 11 is 0. The summed E-state index contributed by atoms with van der Waals surface area (Å²) in [7, 11) is -4.24. The molecule has 0 saturated heterocycles. The molecule has 0 saturated carbocycles. The molecule has 0 heterocycles. The van der Waals surface area contributed by atoms with Gasteiger partial charge in [-0.3, -0.25) is 9.35 Å². The molecule has 0 aliphatic heterocycles. The second-order valence-electron chi connectivity index (χ2n) is 4.03. The van der Waals surface area contributed by atoms with Gasteiger partial charge in [0.1, 0.15) is 5.75 Å². The van der Waals surface area contributed by atoms with E-state index >= 15 is 0 Å². The van der Waals surface area contributed by atoms with Crippen LogP contribution in [0.4, 0.5) is 11.4 Å². The molecule has 0 aromatic heterocycles. The largest absolute Gasteiger partial charge is 1.00 e.